The molecule has 0 aliphatic rings. The van der Waals surface area contributed by atoms with Crippen molar-refractivity contribution in [3.05, 3.63) is 43.1 Å². The van der Waals surface area contributed by atoms with E-state index in [-0.39, 0.29) is 5.12 Å². The van der Waals surface area contributed by atoms with Crippen LogP contribution >= 0.6 is 62.5 Å². The Morgan fingerprint density at radius 2 is 1.90 bits per heavy atom. The Labute approximate surface area is 150 Å². The minimum Gasteiger partial charge on any atom is -0.279 e. The molecule has 1 aromatic heterocycles. The lowest BCUT2D eigenvalue weighted by atomic mass is 10.3. The molecule has 0 radical (unpaired) electrons. The van der Waals surface area contributed by atoms with Crippen LogP contribution in [0.1, 0.15) is 23.1 Å². The summed E-state index contributed by atoms with van der Waals surface area (Å²) in [6, 6.07) is 3.12. The minimum absolute atomic E-state index is 0.185. The molecule has 0 atom stereocenters. The first-order valence-corrected chi connectivity index (χ1v) is 8.69. The van der Waals surface area contributed by atoms with Crippen LogP contribution in [0.5, 0.6) is 0 Å². The zero-order valence-electron chi connectivity index (χ0n) is 11.1. The molecule has 2 aromatic rings. The Morgan fingerprint density at radius 1 is 1.33 bits per heavy atom. The van der Waals surface area contributed by atoms with Crippen LogP contribution in [0.4, 0.5) is 0 Å². The van der Waals surface area contributed by atoms with Gasteiger partial charge in [0.25, 0.3) is 0 Å². The predicted molar refractivity (Wildman–Crippen MR) is 92.0 cm³/mol. The molecule has 0 unspecified atom stereocenters. The van der Waals surface area contributed by atoms with Gasteiger partial charge in [0.05, 0.1) is 25.1 Å². The summed E-state index contributed by atoms with van der Waals surface area (Å²) in [5.41, 5.74) is 1.25. The molecule has 3 nitrogen and oxygen atoms in total. The lowest BCUT2D eigenvalue weighted by molar-refractivity contribution is 0.107. The van der Waals surface area contributed by atoms with Gasteiger partial charge in [-0.15, -0.1) is 0 Å². The van der Waals surface area contributed by atoms with Gasteiger partial charge in [-0.1, -0.05) is 34.8 Å². The van der Waals surface area contributed by atoms with Gasteiger partial charge in [0, 0.05) is 11.6 Å². The maximum absolute atomic E-state index is 12.5. The third-order valence-corrected chi connectivity index (χ3v) is 5.72. The Bertz CT molecular complexity index is 695. The highest BCUT2D eigenvalue weighted by atomic mass is 79.9. The van der Waals surface area contributed by atoms with Crippen LogP contribution in [0.3, 0.4) is 0 Å². The first-order valence-electron chi connectivity index (χ1n) is 5.94. The molecule has 8 heteroatoms. The van der Waals surface area contributed by atoms with Crippen molar-refractivity contribution in [2.75, 3.05) is 0 Å². The number of rotatable bonds is 3. The van der Waals surface area contributed by atoms with E-state index in [0.29, 0.717) is 36.7 Å². The van der Waals surface area contributed by atoms with Gasteiger partial charge in [0.1, 0.15) is 5.69 Å². The molecule has 0 N–H and O–H groups in total. The largest absolute Gasteiger partial charge is 0.279 e. The van der Waals surface area contributed by atoms with E-state index in [4.69, 9.17) is 34.8 Å². The first kappa shape index (κ1) is 17.2. The monoisotopic (exact) mass is 426 g/mol. The molecule has 0 amide bonds. The highest BCUT2D eigenvalue weighted by Crippen LogP contribution is 2.39. The maximum atomic E-state index is 12.5. The number of carbonyl (C=O) groups is 1. The van der Waals surface area contributed by atoms with E-state index in [1.165, 1.54) is 0 Å². The molecular formula is C13H10BrCl3N2OS. The van der Waals surface area contributed by atoms with Gasteiger partial charge in [-0.2, -0.15) is 5.10 Å². The molecule has 0 saturated heterocycles. The van der Waals surface area contributed by atoms with Gasteiger partial charge < -0.3 is 0 Å². The summed E-state index contributed by atoms with van der Waals surface area (Å²) in [6.45, 7) is 4.35. The first-order chi connectivity index (χ1) is 9.85. The second-order valence-corrected chi connectivity index (χ2v) is 7.18. The van der Waals surface area contributed by atoms with E-state index < -0.39 is 0 Å². The van der Waals surface area contributed by atoms with Crippen molar-refractivity contribution in [2.24, 2.45) is 0 Å². The number of thioether (sulfide) groups is 1. The maximum Gasteiger partial charge on any atom is 0.243 e. The van der Waals surface area contributed by atoms with Crippen LogP contribution < -0.4 is 0 Å². The zero-order chi connectivity index (χ0) is 15.7. The summed E-state index contributed by atoms with van der Waals surface area (Å²) in [6.07, 6.45) is 0. The van der Waals surface area contributed by atoms with Gasteiger partial charge in [0.2, 0.25) is 5.12 Å². The molecule has 0 fully saturated rings. The molecular weight excluding hydrogens is 418 g/mol. The molecule has 0 aliphatic heterocycles. The Kier molecular flexibility index (Phi) is 5.65. The van der Waals surface area contributed by atoms with Gasteiger partial charge >= 0.3 is 0 Å². The average molecular weight is 429 g/mol. The molecule has 21 heavy (non-hydrogen) atoms. The SMILES string of the molecule is CCn1nc(C)c(Br)c1C(=O)Sc1c(Cl)cc(Cl)cc1Cl. The van der Waals surface area contributed by atoms with Crippen LogP contribution in [0.15, 0.2) is 21.5 Å². The lowest BCUT2D eigenvalue weighted by Gasteiger charge is -2.08. The van der Waals surface area contributed by atoms with E-state index in [1.807, 2.05) is 13.8 Å². The second kappa shape index (κ2) is 6.92. The van der Waals surface area contributed by atoms with Crippen LogP contribution in [0.2, 0.25) is 15.1 Å². The van der Waals surface area contributed by atoms with Crippen LogP contribution in [0, 0.1) is 6.92 Å². The summed E-state index contributed by atoms with van der Waals surface area (Å²) in [5.74, 6) is 0. The molecule has 0 spiro atoms. The Morgan fingerprint density at radius 3 is 2.43 bits per heavy atom. The Hall–Kier alpha value is -0.200. The standard InChI is InChI=1S/C13H10BrCl3N2OS/c1-3-19-11(10(14)6(2)18-19)13(20)21-12-8(16)4-7(15)5-9(12)17/h4-5H,3H2,1-2H3. The van der Waals surface area contributed by atoms with Crippen molar-refractivity contribution < 1.29 is 4.79 Å². The third kappa shape index (κ3) is 3.59. The van der Waals surface area contributed by atoms with Gasteiger partial charge in [-0.3, -0.25) is 9.48 Å². The summed E-state index contributed by atoms with van der Waals surface area (Å²) in [7, 11) is 0. The smallest absolute Gasteiger partial charge is 0.243 e. The van der Waals surface area contributed by atoms with Crippen molar-refractivity contribution in [1.82, 2.24) is 9.78 Å². The van der Waals surface area contributed by atoms with Crippen LogP contribution in [-0.2, 0) is 6.54 Å². The summed E-state index contributed by atoms with van der Waals surface area (Å²) >= 11 is 22.4. The van der Waals surface area contributed by atoms with Gasteiger partial charge in [0.15, 0.2) is 0 Å². The second-order valence-electron chi connectivity index (χ2n) is 4.15. The molecule has 112 valence electrons. The van der Waals surface area contributed by atoms with E-state index >= 15 is 0 Å². The minimum atomic E-state index is -0.185. The number of hydrogen-bond donors (Lipinski definition) is 0. The molecule has 1 heterocycles. The quantitative estimate of drug-likeness (QED) is 0.574. The number of nitrogens with zero attached hydrogens (tertiary/aromatic N) is 2. The summed E-state index contributed by atoms with van der Waals surface area (Å²) in [5, 5.41) is 5.24. The van der Waals surface area contributed by atoms with Crippen LogP contribution in [-0.4, -0.2) is 14.9 Å². The van der Waals surface area contributed by atoms with E-state index in [9.17, 15) is 4.79 Å². The van der Waals surface area contributed by atoms with Crippen molar-refractivity contribution in [3.63, 3.8) is 0 Å². The van der Waals surface area contributed by atoms with E-state index in [1.54, 1.807) is 16.8 Å². The highest BCUT2D eigenvalue weighted by Gasteiger charge is 2.22. The van der Waals surface area contributed by atoms with Crippen molar-refractivity contribution >= 4 is 67.6 Å². The third-order valence-electron chi connectivity index (χ3n) is 2.71. The number of benzene rings is 1. The van der Waals surface area contributed by atoms with Gasteiger partial charge in [-0.25, -0.2) is 0 Å². The van der Waals surface area contributed by atoms with Gasteiger partial charge in [-0.05, 0) is 53.7 Å². The fourth-order valence-electron chi connectivity index (χ4n) is 1.75. The number of aryl methyl sites for hydroxylation is 2. The molecule has 0 saturated carbocycles. The summed E-state index contributed by atoms with van der Waals surface area (Å²) < 4.78 is 2.33. The molecule has 0 aliphatic carbocycles. The molecule has 0 bridgehead atoms. The number of carbonyl (C=O) groups excluding carboxylic acids is 1. The van der Waals surface area contributed by atoms with E-state index in [2.05, 4.69) is 21.0 Å². The van der Waals surface area contributed by atoms with Crippen molar-refractivity contribution in [3.8, 4) is 0 Å². The van der Waals surface area contributed by atoms with E-state index in [0.717, 1.165) is 17.5 Å². The zero-order valence-corrected chi connectivity index (χ0v) is 15.8. The number of halogens is 4. The predicted octanol–water partition coefficient (Wildman–Crippen LogP) is 5.87. The average Bonchev–Trinajstić information content (AvgIpc) is 2.69. The van der Waals surface area contributed by atoms with Crippen LogP contribution in [0.25, 0.3) is 0 Å². The fourth-order valence-corrected chi connectivity index (χ4v) is 4.20. The molecule has 2 rings (SSSR count). The normalized spacial score (nSPS) is 11.0. The summed E-state index contributed by atoms with van der Waals surface area (Å²) in [4.78, 5) is 13.0. The lowest BCUT2D eigenvalue weighted by Crippen LogP contribution is -2.07. The van der Waals surface area contributed by atoms with Crippen molar-refractivity contribution in [2.45, 2.75) is 25.3 Å². The molecule has 1 aromatic carbocycles. The van der Waals surface area contributed by atoms with Crippen molar-refractivity contribution in [1.29, 1.82) is 0 Å². The Balaban J connectivity index is 2.40. The number of hydrogen-bond acceptors (Lipinski definition) is 3. The number of aromatic nitrogens is 2. The highest BCUT2D eigenvalue weighted by molar-refractivity contribution is 9.10. The topological polar surface area (TPSA) is 34.9 Å². The fraction of sp³-hybridized carbons (Fsp3) is 0.231.